The fraction of sp³-hybridized carbons (Fsp3) is 0.467. The van der Waals surface area contributed by atoms with E-state index in [4.69, 9.17) is 4.74 Å². The number of amides is 1. The Morgan fingerprint density at radius 1 is 1.57 bits per heavy atom. The largest absolute Gasteiger partial charge is 0.376 e. The van der Waals surface area contributed by atoms with Crippen molar-refractivity contribution < 1.29 is 9.53 Å². The maximum Gasteiger partial charge on any atom is 0.225 e. The van der Waals surface area contributed by atoms with Crippen LogP contribution in [0.1, 0.15) is 22.7 Å². The van der Waals surface area contributed by atoms with Crippen LogP contribution >= 0.6 is 22.7 Å². The molecule has 1 saturated heterocycles. The smallest absolute Gasteiger partial charge is 0.225 e. The lowest BCUT2D eigenvalue weighted by Crippen LogP contribution is -2.32. The van der Waals surface area contributed by atoms with Crippen molar-refractivity contribution in [3.05, 3.63) is 27.4 Å². The Morgan fingerprint density at radius 2 is 2.48 bits per heavy atom. The van der Waals surface area contributed by atoms with Gasteiger partial charge in [-0.05, 0) is 31.2 Å². The molecule has 0 aliphatic carbocycles. The van der Waals surface area contributed by atoms with Crippen LogP contribution in [0.4, 0.5) is 0 Å². The minimum absolute atomic E-state index is 0.0481. The number of hydrogen-bond donors (Lipinski definition) is 1. The molecule has 0 unspecified atom stereocenters. The number of aryl methyl sites for hydroxylation is 1. The van der Waals surface area contributed by atoms with E-state index in [-0.39, 0.29) is 12.0 Å². The van der Waals surface area contributed by atoms with E-state index >= 15 is 0 Å². The Kier molecular flexibility index (Phi) is 4.67. The quantitative estimate of drug-likeness (QED) is 0.920. The molecule has 0 radical (unpaired) electrons. The molecule has 0 spiro atoms. The summed E-state index contributed by atoms with van der Waals surface area (Å²) in [5.74, 6) is 0.0481. The van der Waals surface area contributed by atoms with Crippen LogP contribution in [0.25, 0.3) is 10.6 Å². The van der Waals surface area contributed by atoms with Gasteiger partial charge in [0.15, 0.2) is 0 Å². The summed E-state index contributed by atoms with van der Waals surface area (Å²) in [6.45, 7) is 3.41. The number of thiophene rings is 1. The van der Waals surface area contributed by atoms with Crippen LogP contribution in [0.5, 0.6) is 0 Å². The average molecular weight is 322 g/mol. The van der Waals surface area contributed by atoms with E-state index in [1.54, 1.807) is 22.7 Å². The van der Waals surface area contributed by atoms with E-state index in [1.165, 1.54) is 0 Å². The Balaban J connectivity index is 1.63. The molecule has 1 amide bonds. The lowest BCUT2D eigenvalue weighted by molar-refractivity contribution is -0.120. The molecule has 21 heavy (non-hydrogen) atoms. The van der Waals surface area contributed by atoms with Crippen LogP contribution in [0, 0.1) is 6.92 Å². The topological polar surface area (TPSA) is 51.2 Å². The predicted octanol–water partition coefficient (Wildman–Crippen LogP) is 3.02. The van der Waals surface area contributed by atoms with Gasteiger partial charge in [-0.3, -0.25) is 4.79 Å². The van der Waals surface area contributed by atoms with E-state index in [0.29, 0.717) is 13.0 Å². The molecule has 1 fully saturated rings. The SMILES string of the molecule is Cc1nc(-c2cccs2)c(CC(=O)NC[C@H]2CCCO2)s1. The Hall–Kier alpha value is -1.24. The number of rotatable bonds is 5. The number of carbonyl (C=O) groups excluding carboxylic acids is 1. The van der Waals surface area contributed by atoms with Crippen LogP contribution in [0.15, 0.2) is 17.5 Å². The second-order valence-corrected chi connectivity index (χ2v) is 7.33. The zero-order valence-electron chi connectivity index (χ0n) is 11.9. The molecule has 4 nitrogen and oxygen atoms in total. The minimum Gasteiger partial charge on any atom is -0.376 e. The highest BCUT2D eigenvalue weighted by atomic mass is 32.1. The first kappa shape index (κ1) is 14.7. The second kappa shape index (κ2) is 6.68. The zero-order chi connectivity index (χ0) is 14.7. The van der Waals surface area contributed by atoms with Gasteiger partial charge in [-0.25, -0.2) is 4.98 Å². The first-order valence-corrected chi connectivity index (χ1v) is 8.80. The highest BCUT2D eigenvalue weighted by molar-refractivity contribution is 7.15. The summed E-state index contributed by atoms with van der Waals surface area (Å²) >= 11 is 3.26. The summed E-state index contributed by atoms with van der Waals surface area (Å²) in [6, 6.07) is 4.06. The second-order valence-electron chi connectivity index (χ2n) is 5.10. The van der Waals surface area contributed by atoms with Crippen LogP contribution in [-0.4, -0.2) is 30.1 Å². The van der Waals surface area contributed by atoms with Gasteiger partial charge in [0, 0.05) is 18.0 Å². The summed E-state index contributed by atoms with van der Waals surface area (Å²) in [5, 5.41) is 6.01. The molecular formula is C15H18N2O2S2. The first-order valence-electron chi connectivity index (χ1n) is 7.11. The molecule has 6 heteroatoms. The van der Waals surface area contributed by atoms with Crippen molar-refractivity contribution >= 4 is 28.6 Å². The molecule has 2 aromatic rings. The van der Waals surface area contributed by atoms with Gasteiger partial charge in [-0.1, -0.05) is 6.07 Å². The summed E-state index contributed by atoms with van der Waals surface area (Å²) in [7, 11) is 0. The van der Waals surface area contributed by atoms with Gasteiger partial charge in [-0.15, -0.1) is 22.7 Å². The summed E-state index contributed by atoms with van der Waals surface area (Å²) in [4.78, 5) is 18.9. The van der Waals surface area contributed by atoms with Crippen molar-refractivity contribution in [2.45, 2.75) is 32.3 Å². The fourth-order valence-electron chi connectivity index (χ4n) is 2.44. The third-order valence-electron chi connectivity index (χ3n) is 3.43. The van der Waals surface area contributed by atoms with Crippen molar-refractivity contribution in [3.8, 4) is 10.6 Å². The fourth-order valence-corrected chi connectivity index (χ4v) is 4.19. The van der Waals surface area contributed by atoms with E-state index < -0.39 is 0 Å². The molecule has 3 rings (SSSR count). The number of nitrogens with one attached hydrogen (secondary N) is 1. The highest BCUT2D eigenvalue weighted by Crippen LogP contribution is 2.31. The number of carbonyl (C=O) groups is 1. The van der Waals surface area contributed by atoms with Crippen molar-refractivity contribution in [1.82, 2.24) is 10.3 Å². The van der Waals surface area contributed by atoms with Gasteiger partial charge in [0.2, 0.25) is 5.91 Å². The van der Waals surface area contributed by atoms with Crippen LogP contribution in [0.3, 0.4) is 0 Å². The average Bonchev–Trinajstić information content (AvgIpc) is 3.18. The highest BCUT2D eigenvalue weighted by Gasteiger charge is 2.18. The van der Waals surface area contributed by atoms with E-state index in [9.17, 15) is 4.79 Å². The molecule has 2 aromatic heterocycles. The van der Waals surface area contributed by atoms with E-state index in [0.717, 1.165) is 39.9 Å². The number of nitrogens with zero attached hydrogens (tertiary/aromatic N) is 1. The molecule has 1 aliphatic heterocycles. The molecular weight excluding hydrogens is 304 g/mol. The lowest BCUT2D eigenvalue weighted by atomic mass is 10.2. The van der Waals surface area contributed by atoms with Gasteiger partial charge < -0.3 is 10.1 Å². The number of thiazole rings is 1. The molecule has 0 aromatic carbocycles. The molecule has 1 N–H and O–H groups in total. The lowest BCUT2D eigenvalue weighted by Gasteiger charge is -2.10. The minimum atomic E-state index is 0.0481. The number of hydrogen-bond acceptors (Lipinski definition) is 5. The first-order chi connectivity index (χ1) is 10.2. The Morgan fingerprint density at radius 3 is 3.19 bits per heavy atom. The van der Waals surface area contributed by atoms with Crippen LogP contribution in [-0.2, 0) is 16.0 Å². The molecule has 1 aliphatic rings. The Labute approximate surface area is 132 Å². The summed E-state index contributed by atoms with van der Waals surface area (Å²) < 4.78 is 5.52. The predicted molar refractivity (Wildman–Crippen MR) is 85.9 cm³/mol. The van der Waals surface area contributed by atoms with Gasteiger partial charge in [0.25, 0.3) is 0 Å². The molecule has 1 atom stereocenters. The maximum atomic E-state index is 12.1. The third-order valence-corrected chi connectivity index (χ3v) is 5.28. The van der Waals surface area contributed by atoms with Crippen LogP contribution < -0.4 is 5.32 Å². The Bertz CT molecular complexity index is 601. The number of aromatic nitrogens is 1. The van der Waals surface area contributed by atoms with Crippen molar-refractivity contribution in [2.24, 2.45) is 0 Å². The van der Waals surface area contributed by atoms with Gasteiger partial charge in [0.05, 0.1) is 28.1 Å². The van der Waals surface area contributed by atoms with Gasteiger partial charge in [0.1, 0.15) is 0 Å². The third kappa shape index (κ3) is 3.70. The standard InChI is InChI=1S/C15H18N2O2S2/c1-10-17-15(12-5-3-7-20-12)13(21-10)8-14(18)16-9-11-4-2-6-19-11/h3,5,7,11H,2,4,6,8-9H2,1H3,(H,16,18)/t11-/m1/s1. The molecule has 112 valence electrons. The van der Waals surface area contributed by atoms with Gasteiger partial charge in [-0.2, -0.15) is 0 Å². The normalized spacial score (nSPS) is 18.0. The van der Waals surface area contributed by atoms with Crippen LogP contribution in [0.2, 0.25) is 0 Å². The molecule has 0 saturated carbocycles. The summed E-state index contributed by atoms with van der Waals surface area (Å²) in [5.41, 5.74) is 0.958. The van der Waals surface area contributed by atoms with Crippen molar-refractivity contribution in [2.75, 3.05) is 13.2 Å². The maximum absolute atomic E-state index is 12.1. The monoisotopic (exact) mass is 322 g/mol. The van der Waals surface area contributed by atoms with Gasteiger partial charge >= 0.3 is 0 Å². The number of ether oxygens (including phenoxy) is 1. The molecule has 3 heterocycles. The van der Waals surface area contributed by atoms with E-state index in [1.807, 2.05) is 24.4 Å². The van der Waals surface area contributed by atoms with Crippen molar-refractivity contribution in [1.29, 1.82) is 0 Å². The zero-order valence-corrected chi connectivity index (χ0v) is 13.6. The van der Waals surface area contributed by atoms with Crippen molar-refractivity contribution in [3.63, 3.8) is 0 Å². The summed E-state index contributed by atoms with van der Waals surface area (Å²) in [6.07, 6.45) is 2.72. The van der Waals surface area contributed by atoms with E-state index in [2.05, 4.69) is 10.3 Å². The molecule has 0 bridgehead atoms.